The average Bonchev–Trinajstić information content (AvgIpc) is 2.72. The summed E-state index contributed by atoms with van der Waals surface area (Å²) in [6, 6.07) is 3.36. The maximum absolute atomic E-state index is 12.7. The number of alkyl halides is 2. The van der Waals surface area contributed by atoms with E-state index in [1.54, 1.807) is 0 Å². The molecule has 16 heteroatoms. The van der Waals surface area contributed by atoms with Gasteiger partial charge < -0.3 is 16.2 Å². The molecule has 1 unspecified atom stereocenters. The van der Waals surface area contributed by atoms with Gasteiger partial charge in [0.15, 0.2) is 5.69 Å². The van der Waals surface area contributed by atoms with E-state index in [9.17, 15) is 32.5 Å². The fraction of sp³-hybridized carbons (Fsp3) is 0.278. The van der Waals surface area contributed by atoms with E-state index in [-0.39, 0.29) is 58.6 Å². The largest absolute Gasteiger partial charge is 0.494 e. The van der Waals surface area contributed by atoms with Crippen LogP contribution in [0.4, 0.5) is 17.1 Å². The van der Waals surface area contributed by atoms with Crippen molar-refractivity contribution < 1.29 is 27.7 Å². The van der Waals surface area contributed by atoms with E-state index in [2.05, 4.69) is 47.4 Å². The van der Waals surface area contributed by atoms with Crippen molar-refractivity contribution in [2.75, 3.05) is 10.6 Å². The van der Waals surface area contributed by atoms with Crippen molar-refractivity contribution in [1.82, 2.24) is 4.57 Å². The van der Waals surface area contributed by atoms with Crippen LogP contribution in [0.1, 0.15) is 22.8 Å². The van der Waals surface area contributed by atoms with Crippen LogP contribution in [0.3, 0.4) is 0 Å². The Labute approximate surface area is 233 Å². The average molecular weight is 632 g/mol. The zero-order chi connectivity index (χ0) is 25.1. The van der Waals surface area contributed by atoms with Gasteiger partial charge in [-0.15, -0.1) is 10.2 Å². The molecule has 0 fully saturated rings. The normalized spacial score (nSPS) is 12.3. The molecule has 1 aromatic heterocycles. The number of aromatic hydroxyl groups is 1. The molecule has 0 spiro atoms. The maximum Gasteiger partial charge on any atom is 0.296 e. The van der Waals surface area contributed by atoms with Gasteiger partial charge in [-0.3, -0.25) is 23.5 Å². The van der Waals surface area contributed by atoms with Gasteiger partial charge in [0.05, 0.1) is 0 Å². The molecule has 5 N–H and O–H groups in total. The van der Waals surface area contributed by atoms with Crippen molar-refractivity contribution in [3.8, 4) is 5.88 Å². The summed E-state index contributed by atoms with van der Waals surface area (Å²) in [7, 11) is -4.75. The van der Waals surface area contributed by atoms with Gasteiger partial charge in [0, 0.05) is 52.7 Å². The Morgan fingerprint density at radius 3 is 2.41 bits per heavy atom. The number of azo groups is 1. The number of nitrogens with zero attached hydrogens (tertiary/aromatic N) is 3. The van der Waals surface area contributed by atoms with E-state index < -0.39 is 48.8 Å². The molecule has 34 heavy (non-hydrogen) atoms. The number of hydrogen-bond acceptors (Lipinski definition) is 8. The summed E-state index contributed by atoms with van der Waals surface area (Å²) in [5.74, 6) is -2.09. The van der Waals surface area contributed by atoms with E-state index in [0.29, 0.717) is 5.33 Å². The van der Waals surface area contributed by atoms with Crippen molar-refractivity contribution >= 4 is 100 Å². The SMILES string of the molecule is CCn1c(O)c(C(N)=O)c(C)c(N=Nc2cc(NC(=O)C(Br)CBr)ccc2S(=O)(=O)O)c1=O.[Na]. The number of anilines is 1. The first-order chi connectivity index (χ1) is 15.3. The van der Waals surface area contributed by atoms with E-state index >= 15 is 0 Å². The van der Waals surface area contributed by atoms with Crippen LogP contribution in [0, 0.1) is 6.92 Å². The molecule has 2 rings (SSSR count). The number of primary amides is 1. The van der Waals surface area contributed by atoms with Crippen molar-refractivity contribution in [1.29, 1.82) is 0 Å². The Balaban J connectivity index is 0.00000578. The third kappa shape index (κ3) is 6.74. The third-order valence-corrected chi connectivity index (χ3v) is 7.56. The second kappa shape index (κ2) is 12.4. The number of halogens is 2. The van der Waals surface area contributed by atoms with Gasteiger partial charge in [0.2, 0.25) is 11.8 Å². The summed E-state index contributed by atoms with van der Waals surface area (Å²) < 4.78 is 33.9. The Morgan fingerprint density at radius 2 is 1.91 bits per heavy atom. The smallest absolute Gasteiger partial charge is 0.296 e. The molecular formula is C18H19Br2N5NaO7S. The van der Waals surface area contributed by atoms with Crippen molar-refractivity contribution in [3.63, 3.8) is 0 Å². The minimum atomic E-state index is -4.75. The minimum Gasteiger partial charge on any atom is -0.494 e. The van der Waals surface area contributed by atoms with Crippen LogP contribution < -0.4 is 16.6 Å². The van der Waals surface area contributed by atoms with E-state index in [4.69, 9.17) is 5.73 Å². The monoisotopic (exact) mass is 630 g/mol. The summed E-state index contributed by atoms with van der Waals surface area (Å²) in [6.07, 6.45) is 0. The number of pyridine rings is 1. The Bertz CT molecular complexity index is 1310. The van der Waals surface area contributed by atoms with Gasteiger partial charge in [-0.1, -0.05) is 31.9 Å². The van der Waals surface area contributed by atoms with Gasteiger partial charge in [-0.2, -0.15) is 8.42 Å². The number of nitrogens with one attached hydrogen (secondary N) is 1. The predicted molar refractivity (Wildman–Crippen MR) is 133 cm³/mol. The van der Waals surface area contributed by atoms with Crippen molar-refractivity contribution in [2.24, 2.45) is 16.0 Å². The van der Waals surface area contributed by atoms with E-state index in [0.717, 1.165) is 16.7 Å². The number of carbonyl (C=O) groups is 2. The van der Waals surface area contributed by atoms with Crippen LogP contribution in [0.2, 0.25) is 0 Å². The van der Waals surface area contributed by atoms with Gasteiger partial charge in [0.25, 0.3) is 21.6 Å². The summed E-state index contributed by atoms with van der Waals surface area (Å²) >= 11 is 6.29. The van der Waals surface area contributed by atoms with Gasteiger partial charge >= 0.3 is 0 Å². The zero-order valence-electron chi connectivity index (χ0n) is 18.2. The summed E-state index contributed by atoms with van der Waals surface area (Å²) in [6.45, 7) is 2.83. The molecule has 0 aliphatic carbocycles. The fourth-order valence-corrected chi connectivity index (χ4v) is 3.81. The molecule has 1 radical (unpaired) electrons. The molecule has 2 amide bonds. The molecule has 0 bridgehead atoms. The van der Waals surface area contributed by atoms with Crippen molar-refractivity contribution in [2.45, 2.75) is 30.1 Å². The van der Waals surface area contributed by atoms with Crippen molar-refractivity contribution in [3.05, 3.63) is 39.7 Å². The number of carbonyl (C=O) groups excluding carboxylic acids is 2. The maximum atomic E-state index is 12.7. The Hall–Kier alpha value is -1.62. The van der Waals surface area contributed by atoms with E-state index in [1.807, 2.05) is 0 Å². The number of hydrogen-bond donors (Lipinski definition) is 4. The van der Waals surface area contributed by atoms with Crippen LogP contribution in [-0.4, -0.2) is 74.2 Å². The van der Waals surface area contributed by atoms with Crippen LogP contribution >= 0.6 is 31.9 Å². The molecule has 0 aliphatic heterocycles. The van der Waals surface area contributed by atoms with Gasteiger partial charge in [0.1, 0.15) is 21.0 Å². The van der Waals surface area contributed by atoms with E-state index in [1.165, 1.54) is 19.9 Å². The third-order valence-electron chi connectivity index (χ3n) is 4.40. The van der Waals surface area contributed by atoms with Crippen LogP contribution in [-0.2, 0) is 21.5 Å². The van der Waals surface area contributed by atoms with Gasteiger partial charge in [-0.05, 0) is 32.0 Å². The fourth-order valence-electron chi connectivity index (χ4n) is 2.80. The molecule has 0 saturated carbocycles. The molecule has 12 nitrogen and oxygen atoms in total. The molecule has 1 atom stereocenters. The topological polar surface area (TPSA) is 194 Å². The number of rotatable bonds is 8. The molecular weight excluding hydrogens is 613 g/mol. The summed E-state index contributed by atoms with van der Waals surface area (Å²) in [5.41, 5.74) is 3.44. The van der Waals surface area contributed by atoms with Crippen LogP contribution in [0.25, 0.3) is 0 Å². The first-order valence-corrected chi connectivity index (χ1v) is 12.6. The number of aromatic nitrogens is 1. The van der Waals surface area contributed by atoms with Gasteiger partial charge in [-0.25, -0.2) is 0 Å². The quantitative estimate of drug-likeness (QED) is 0.148. The number of nitrogens with two attached hydrogens (primary N) is 1. The Morgan fingerprint density at radius 1 is 1.29 bits per heavy atom. The first kappa shape index (κ1) is 30.4. The standard InChI is InChI=1S/C18H19Br2N5O7S.Na/c1-3-25-17(28)13(15(21)26)8(2)14(18(25)29)24-23-11-6-9(22-16(27)10(20)7-19)4-5-12(11)33(30,31)32;/h4-6,10,28H,3,7H2,1-2H3,(H2,21,26)(H,22,27)(H,30,31,32);. The summed E-state index contributed by atoms with van der Waals surface area (Å²) in [5, 5.41) is 20.6. The summed E-state index contributed by atoms with van der Waals surface area (Å²) in [4.78, 5) is 35.3. The molecule has 1 heterocycles. The molecule has 1 aromatic carbocycles. The minimum absolute atomic E-state index is 0. The predicted octanol–water partition coefficient (Wildman–Crippen LogP) is 2.36. The first-order valence-electron chi connectivity index (χ1n) is 9.13. The van der Waals surface area contributed by atoms with Crippen LogP contribution in [0.5, 0.6) is 5.88 Å². The zero-order valence-corrected chi connectivity index (χ0v) is 24.2. The molecule has 179 valence electrons. The number of amides is 2. The molecule has 2 aromatic rings. The molecule has 0 saturated heterocycles. The Kier molecular flexibility index (Phi) is 11.1. The molecule has 0 aliphatic rings. The van der Waals surface area contributed by atoms with Crippen LogP contribution in [0.15, 0.2) is 38.1 Å². The second-order valence-electron chi connectivity index (χ2n) is 6.55. The second-order valence-corrected chi connectivity index (χ2v) is 9.70. The number of benzene rings is 1.